The van der Waals surface area contributed by atoms with Crippen LogP contribution in [0.4, 0.5) is 0 Å². The number of hydrogen-bond acceptors (Lipinski definition) is 4. The third-order valence-corrected chi connectivity index (χ3v) is 4.41. The second-order valence-electron chi connectivity index (χ2n) is 4.14. The molecule has 17 heavy (non-hydrogen) atoms. The summed E-state index contributed by atoms with van der Waals surface area (Å²) >= 11 is 5.72. The van der Waals surface area contributed by atoms with E-state index in [-0.39, 0.29) is 10.9 Å². The fraction of sp³-hybridized carbons (Fsp3) is 0.500. The first-order valence-electron chi connectivity index (χ1n) is 5.36. The molecule has 1 heterocycles. The number of halogens is 1. The molecular formula is C10H14ClN3O2S. The molecular weight excluding hydrogens is 262 g/mol. The highest BCUT2D eigenvalue weighted by molar-refractivity contribution is 7.89. The lowest BCUT2D eigenvalue weighted by molar-refractivity contribution is 0.519. The summed E-state index contributed by atoms with van der Waals surface area (Å²) in [7, 11) is -3.58. The quantitative estimate of drug-likeness (QED) is 0.830. The second kappa shape index (κ2) is 4.89. The molecule has 1 fully saturated rings. The molecule has 1 saturated carbocycles. The van der Waals surface area contributed by atoms with Crippen LogP contribution in [0.2, 0.25) is 5.02 Å². The average molecular weight is 276 g/mol. The number of nitrogens with two attached hydrogens (primary N) is 1. The monoisotopic (exact) mass is 275 g/mol. The maximum absolute atomic E-state index is 12.0. The largest absolute Gasteiger partial charge is 0.329 e. The van der Waals surface area contributed by atoms with Crippen LogP contribution in [-0.4, -0.2) is 26.0 Å². The van der Waals surface area contributed by atoms with Crippen molar-refractivity contribution in [3.8, 4) is 0 Å². The first-order valence-corrected chi connectivity index (χ1v) is 7.22. The van der Waals surface area contributed by atoms with E-state index in [1.807, 2.05) is 0 Å². The minimum absolute atomic E-state index is 0.0732. The van der Waals surface area contributed by atoms with E-state index in [1.165, 1.54) is 18.5 Å². The zero-order valence-corrected chi connectivity index (χ0v) is 10.7. The first-order chi connectivity index (χ1) is 8.03. The molecule has 0 radical (unpaired) electrons. The molecule has 94 valence electrons. The molecule has 1 aliphatic rings. The number of pyridine rings is 1. The molecule has 1 aliphatic carbocycles. The van der Waals surface area contributed by atoms with Crippen LogP contribution in [0.25, 0.3) is 0 Å². The molecule has 0 saturated heterocycles. The van der Waals surface area contributed by atoms with Gasteiger partial charge in [0.15, 0.2) is 0 Å². The van der Waals surface area contributed by atoms with Crippen LogP contribution in [0.3, 0.4) is 0 Å². The lowest BCUT2D eigenvalue weighted by Crippen LogP contribution is -2.41. The van der Waals surface area contributed by atoms with Gasteiger partial charge in [0.05, 0.1) is 5.02 Å². The third-order valence-electron chi connectivity index (χ3n) is 2.74. The van der Waals surface area contributed by atoms with E-state index in [2.05, 4.69) is 9.71 Å². The van der Waals surface area contributed by atoms with Gasteiger partial charge in [-0.1, -0.05) is 11.6 Å². The van der Waals surface area contributed by atoms with Gasteiger partial charge in [-0.15, -0.1) is 0 Å². The van der Waals surface area contributed by atoms with Crippen molar-refractivity contribution >= 4 is 21.6 Å². The van der Waals surface area contributed by atoms with Gasteiger partial charge in [-0.05, 0) is 24.8 Å². The first kappa shape index (κ1) is 12.8. The Bertz CT molecular complexity index is 502. The Morgan fingerprint density at radius 2 is 2.24 bits per heavy atom. The van der Waals surface area contributed by atoms with Crippen molar-refractivity contribution in [2.24, 2.45) is 11.7 Å². The molecule has 3 N–H and O–H groups in total. The highest BCUT2D eigenvalue weighted by Crippen LogP contribution is 2.32. The van der Waals surface area contributed by atoms with Crippen molar-refractivity contribution in [3.05, 3.63) is 23.5 Å². The molecule has 1 unspecified atom stereocenters. The molecule has 5 nitrogen and oxygen atoms in total. The van der Waals surface area contributed by atoms with Crippen molar-refractivity contribution in [3.63, 3.8) is 0 Å². The summed E-state index contributed by atoms with van der Waals surface area (Å²) in [5.41, 5.74) is 5.56. The number of nitrogens with zero attached hydrogens (tertiary/aromatic N) is 1. The van der Waals surface area contributed by atoms with Crippen LogP contribution in [0.1, 0.15) is 12.8 Å². The van der Waals surface area contributed by atoms with Gasteiger partial charge in [-0.25, -0.2) is 13.1 Å². The minimum atomic E-state index is -3.58. The number of sulfonamides is 1. The Hall–Kier alpha value is -0.690. The fourth-order valence-electron chi connectivity index (χ4n) is 1.64. The van der Waals surface area contributed by atoms with Crippen molar-refractivity contribution < 1.29 is 8.42 Å². The summed E-state index contributed by atoms with van der Waals surface area (Å²) in [5, 5.41) is 0.295. The van der Waals surface area contributed by atoms with E-state index in [4.69, 9.17) is 17.3 Å². The van der Waals surface area contributed by atoms with Crippen molar-refractivity contribution in [2.75, 3.05) is 6.54 Å². The van der Waals surface area contributed by atoms with Crippen molar-refractivity contribution in [1.29, 1.82) is 0 Å². The second-order valence-corrected chi connectivity index (χ2v) is 6.29. The normalized spacial score (nSPS) is 18.0. The van der Waals surface area contributed by atoms with E-state index >= 15 is 0 Å². The van der Waals surface area contributed by atoms with Gasteiger partial charge in [-0.3, -0.25) is 4.98 Å². The van der Waals surface area contributed by atoms with E-state index < -0.39 is 10.0 Å². The van der Waals surface area contributed by atoms with E-state index in [1.54, 1.807) is 0 Å². The number of rotatable bonds is 5. The van der Waals surface area contributed by atoms with Crippen molar-refractivity contribution in [2.45, 2.75) is 23.8 Å². The van der Waals surface area contributed by atoms with Crippen LogP contribution >= 0.6 is 11.6 Å². The average Bonchev–Trinajstić information content (AvgIpc) is 3.10. The Labute approximate surface area is 105 Å². The topological polar surface area (TPSA) is 85.1 Å². The van der Waals surface area contributed by atoms with Gasteiger partial charge in [0.25, 0.3) is 0 Å². The van der Waals surface area contributed by atoms with Gasteiger partial charge >= 0.3 is 0 Å². The fourth-order valence-corrected chi connectivity index (χ4v) is 3.19. The van der Waals surface area contributed by atoms with Crippen LogP contribution < -0.4 is 10.5 Å². The molecule has 0 aliphatic heterocycles. The highest BCUT2D eigenvalue weighted by Gasteiger charge is 2.33. The molecule has 1 aromatic rings. The predicted octanol–water partition coefficient (Wildman–Crippen LogP) is 0.751. The van der Waals surface area contributed by atoms with Gasteiger partial charge in [-0.2, -0.15) is 0 Å². The van der Waals surface area contributed by atoms with Crippen LogP contribution in [-0.2, 0) is 10.0 Å². The summed E-state index contributed by atoms with van der Waals surface area (Å²) in [6.45, 7) is 0.303. The Kier molecular flexibility index (Phi) is 3.67. The number of nitrogens with one attached hydrogen (secondary N) is 1. The van der Waals surface area contributed by atoms with E-state index in [0.717, 1.165) is 12.8 Å². The maximum atomic E-state index is 12.0. The van der Waals surface area contributed by atoms with Crippen LogP contribution in [0, 0.1) is 5.92 Å². The van der Waals surface area contributed by atoms with Crippen LogP contribution in [0.15, 0.2) is 23.4 Å². The van der Waals surface area contributed by atoms with Gasteiger partial charge in [0, 0.05) is 25.0 Å². The predicted molar refractivity (Wildman–Crippen MR) is 65.1 cm³/mol. The molecule has 1 aromatic heterocycles. The molecule has 0 bridgehead atoms. The standard InChI is InChI=1S/C10H14ClN3O2S/c11-8-3-9(6-13-5-8)17(15,16)14-10(4-12)7-1-2-7/h3,5-7,10,14H,1-2,4,12H2. The highest BCUT2D eigenvalue weighted by atomic mass is 35.5. The molecule has 1 atom stereocenters. The number of hydrogen-bond donors (Lipinski definition) is 2. The summed E-state index contributed by atoms with van der Waals surface area (Å²) in [5.74, 6) is 0.363. The molecule has 0 amide bonds. The zero-order valence-electron chi connectivity index (χ0n) is 9.14. The zero-order chi connectivity index (χ0) is 12.5. The minimum Gasteiger partial charge on any atom is -0.329 e. The van der Waals surface area contributed by atoms with Crippen LogP contribution in [0.5, 0.6) is 0 Å². The summed E-state index contributed by atoms with van der Waals surface area (Å²) < 4.78 is 26.6. The van der Waals surface area contributed by atoms with E-state index in [0.29, 0.717) is 17.5 Å². The SMILES string of the molecule is NCC(NS(=O)(=O)c1cncc(Cl)c1)C1CC1. The smallest absolute Gasteiger partial charge is 0.242 e. The van der Waals surface area contributed by atoms with Crippen molar-refractivity contribution in [1.82, 2.24) is 9.71 Å². The maximum Gasteiger partial charge on any atom is 0.242 e. The molecule has 7 heteroatoms. The Balaban J connectivity index is 2.18. The Morgan fingerprint density at radius 1 is 1.53 bits per heavy atom. The molecule has 0 aromatic carbocycles. The summed E-state index contributed by atoms with van der Waals surface area (Å²) in [6.07, 6.45) is 4.72. The lowest BCUT2D eigenvalue weighted by Gasteiger charge is -2.15. The van der Waals surface area contributed by atoms with Gasteiger partial charge < -0.3 is 5.73 Å². The summed E-state index contributed by atoms with van der Waals surface area (Å²) in [4.78, 5) is 3.83. The number of aromatic nitrogens is 1. The molecule has 2 rings (SSSR count). The summed E-state index contributed by atoms with van der Waals surface area (Å²) in [6, 6.07) is 1.18. The molecule has 0 spiro atoms. The Morgan fingerprint density at radius 3 is 2.76 bits per heavy atom. The van der Waals surface area contributed by atoms with Gasteiger partial charge in [0.2, 0.25) is 10.0 Å². The lowest BCUT2D eigenvalue weighted by atomic mass is 10.2. The van der Waals surface area contributed by atoms with E-state index in [9.17, 15) is 8.42 Å². The third kappa shape index (κ3) is 3.16. The van der Waals surface area contributed by atoms with Gasteiger partial charge in [0.1, 0.15) is 4.90 Å².